The maximum atomic E-state index is 12.9. The number of hydrogen-bond donors (Lipinski definition) is 0. The van der Waals surface area contributed by atoms with E-state index in [0.29, 0.717) is 26.2 Å². The molecule has 0 spiro atoms. The van der Waals surface area contributed by atoms with Crippen LogP contribution in [0.25, 0.3) is 0 Å². The lowest BCUT2D eigenvalue weighted by atomic mass is 10.1. The molecule has 2 aromatic rings. The molecule has 0 radical (unpaired) electrons. The first-order valence-corrected chi connectivity index (χ1v) is 11.2. The van der Waals surface area contributed by atoms with Crippen LogP contribution in [0.15, 0.2) is 36.4 Å². The van der Waals surface area contributed by atoms with Crippen molar-refractivity contribution in [2.75, 3.05) is 26.2 Å². The summed E-state index contributed by atoms with van der Waals surface area (Å²) in [7, 11) is 0. The Morgan fingerprint density at radius 2 is 1.03 bits per heavy atom. The number of carbonyl (C=O) groups is 2. The summed E-state index contributed by atoms with van der Waals surface area (Å²) in [6, 6.07) is 11.9. The molecule has 1 aliphatic heterocycles. The highest BCUT2D eigenvalue weighted by atomic mass is 16.5. The van der Waals surface area contributed by atoms with Gasteiger partial charge in [-0.1, -0.05) is 24.3 Å². The fourth-order valence-corrected chi connectivity index (χ4v) is 3.81. The van der Waals surface area contributed by atoms with Gasteiger partial charge < -0.3 is 19.3 Å². The molecular weight excluding hydrogens is 404 g/mol. The van der Waals surface area contributed by atoms with Gasteiger partial charge in [0.05, 0.1) is 0 Å². The number of aryl methyl sites for hydroxylation is 4. The first kappa shape index (κ1) is 23.6. The van der Waals surface area contributed by atoms with Gasteiger partial charge in [-0.15, -0.1) is 0 Å². The van der Waals surface area contributed by atoms with Gasteiger partial charge in [0.1, 0.15) is 11.5 Å². The van der Waals surface area contributed by atoms with Gasteiger partial charge in [-0.05, 0) is 75.9 Å². The molecule has 2 aromatic carbocycles. The first-order valence-electron chi connectivity index (χ1n) is 11.2. The number of ether oxygens (including phenoxy) is 2. The van der Waals surface area contributed by atoms with Crippen LogP contribution >= 0.6 is 0 Å². The molecule has 0 N–H and O–H groups in total. The van der Waals surface area contributed by atoms with E-state index < -0.39 is 12.2 Å². The van der Waals surface area contributed by atoms with Crippen LogP contribution in [-0.4, -0.2) is 60.0 Å². The lowest BCUT2D eigenvalue weighted by Gasteiger charge is -2.37. The number of nitrogens with zero attached hydrogens (tertiary/aromatic N) is 2. The largest absolute Gasteiger partial charge is 0.481 e. The minimum absolute atomic E-state index is 0.0577. The Kier molecular flexibility index (Phi) is 7.44. The van der Waals surface area contributed by atoms with E-state index in [1.54, 1.807) is 23.6 Å². The molecule has 2 atom stereocenters. The third-order valence-corrected chi connectivity index (χ3v) is 5.89. The summed E-state index contributed by atoms with van der Waals surface area (Å²) in [4.78, 5) is 29.3. The van der Waals surface area contributed by atoms with E-state index in [2.05, 4.69) is 0 Å². The smallest absolute Gasteiger partial charge is 0.263 e. The molecule has 1 saturated heterocycles. The van der Waals surface area contributed by atoms with Crippen molar-refractivity contribution in [1.29, 1.82) is 0 Å². The van der Waals surface area contributed by atoms with Crippen LogP contribution in [0.3, 0.4) is 0 Å². The standard InChI is InChI=1S/C26H34N2O4/c1-17-7-9-19(3)23(15-17)31-21(5)25(29)27-11-13-28(14-12-27)26(30)22(6)32-24-16-18(2)8-10-20(24)4/h7-10,15-16,21-22H,11-14H2,1-6H3. The van der Waals surface area contributed by atoms with E-state index in [1.165, 1.54) is 0 Å². The highest BCUT2D eigenvalue weighted by Crippen LogP contribution is 2.22. The van der Waals surface area contributed by atoms with E-state index in [1.807, 2.05) is 64.1 Å². The van der Waals surface area contributed by atoms with Crippen molar-refractivity contribution < 1.29 is 19.1 Å². The molecule has 1 heterocycles. The molecule has 172 valence electrons. The molecule has 0 aliphatic carbocycles. The minimum Gasteiger partial charge on any atom is -0.481 e. The molecule has 1 fully saturated rings. The number of piperazine rings is 1. The van der Waals surface area contributed by atoms with Gasteiger partial charge in [-0.3, -0.25) is 9.59 Å². The van der Waals surface area contributed by atoms with Crippen LogP contribution in [0.1, 0.15) is 36.1 Å². The summed E-state index contributed by atoms with van der Waals surface area (Å²) in [5.74, 6) is 1.35. The molecule has 6 heteroatoms. The van der Waals surface area contributed by atoms with Crippen molar-refractivity contribution in [3.05, 3.63) is 58.7 Å². The van der Waals surface area contributed by atoms with Crippen LogP contribution in [0.2, 0.25) is 0 Å². The van der Waals surface area contributed by atoms with E-state index in [4.69, 9.17) is 9.47 Å². The van der Waals surface area contributed by atoms with Gasteiger partial charge in [-0.25, -0.2) is 0 Å². The SMILES string of the molecule is Cc1ccc(C)c(OC(C)C(=O)N2CCN(C(=O)C(C)Oc3cc(C)ccc3C)CC2)c1. The maximum absolute atomic E-state index is 12.9. The van der Waals surface area contributed by atoms with Crippen molar-refractivity contribution >= 4 is 11.8 Å². The second-order valence-corrected chi connectivity index (χ2v) is 8.71. The average molecular weight is 439 g/mol. The number of carbonyl (C=O) groups excluding carboxylic acids is 2. The van der Waals surface area contributed by atoms with Crippen molar-refractivity contribution in [1.82, 2.24) is 9.80 Å². The second kappa shape index (κ2) is 10.1. The summed E-state index contributed by atoms with van der Waals surface area (Å²) >= 11 is 0. The predicted molar refractivity (Wildman–Crippen MR) is 125 cm³/mol. The average Bonchev–Trinajstić information content (AvgIpc) is 2.77. The molecule has 2 unspecified atom stereocenters. The quantitative estimate of drug-likeness (QED) is 0.688. The summed E-state index contributed by atoms with van der Waals surface area (Å²) in [5, 5.41) is 0. The summed E-state index contributed by atoms with van der Waals surface area (Å²) in [5.41, 5.74) is 4.19. The van der Waals surface area contributed by atoms with E-state index in [9.17, 15) is 9.59 Å². The monoisotopic (exact) mass is 438 g/mol. The molecule has 0 aromatic heterocycles. The first-order chi connectivity index (χ1) is 15.2. The topological polar surface area (TPSA) is 59.1 Å². The lowest BCUT2D eigenvalue weighted by molar-refractivity contribution is -0.146. The van der Waals surface area contributed by atoms with Gasteiger partial charge in [0.15, 0.2) is 12.2 Å². The van der Waals surface area contributed by atoms with Gasteiger partial charge in [-0.2, -0.15) is 0 Å². The van der Waals surface area contributed by atoms with Crippen LogP contribution in [0.5, 0.6) is 11.5 Å². The molecule has 32 heavy (non-hydrogen) atoms. The molecule has 0 bridgehead atoms. The summed E-state index contributed by atoms with van der Waals surface area (Å²) in [6.45, 7) is 13.4. The van der Waals surface area contributed by atoms with Crippen molar-refractivity contribution in [3.63, 3.8) is 0 Å². The Morgan fingerprint density at radius 1 is 0.688 bits per heavy atom. The summed E-state index contributed by atoms with van der Waals surface area (Å²) < 4.78 is 11.9. The highest BCUT2D eigenvalue weighted by molar-refractivity contribution is 5.83. The molecule has 6 nitrogen and oxygen atoms in total. The van der Waals surface area contributed by atoms with Crippen molar-refractivity contribution in [2.45, 2.75) is 53.8 Å². The number of benzene rings is 2. The van der Waals surface area contributed by atoms with Gasteiger partial charge in [0.25, 0.3) is 11.8 Å². The fraction of sp³-hybridized carbons (Fsp3) is 0.462. The third-order valence-electron chi connectivity index (χ3n) is 5.89. The molecular formula is C26H34N2O4. The van der Waals surface area contributed by atoms with E-state index in [0.717, 1.165) is 33.8 Å². The maximum Gasteiger partial charge on any atom is 0.263 e. The van der Waals surface area contributed by atoms with E-state index in [-0.39, 0.29) is 11.8 Å². The van der Waals surface area contributed by atoms with Gasteiger partial charge >= 0.3 is 0 Å². The fourth-order valence-electron chi connectivity index (χ4n) is 3.81. The zero-order chi connectivity index (χ0) is 23.4. The van der Waals surface area contributed by atoms with E-state index >= 15 is 0 Å². The lowest BCUT2D eigenvalue weighted by Crippen LogP contribution is -2.55. The van der Waals surface area contributed by atoms with Crippen molar-refractivity contribution in [3.8, 4) is 11.5 Å². The van der Waals surface area contributed by atoms with Crippen molar-refractivity contribution in [2.24, 2.45) is 0 Å². The second-order valence-electron chi connectivity index (χ2n) is 8.71. The number of hydrogen-bond acceptors (Lipinski definition) is 4. The Morgan fingerprint density at radius 3 is 1.38 bits per heavy atom. The summed E-state index contributed by atoms with van der Waals surface area (Å²) in [6.07, 6.45) is -1.16. The Balaban J connectivity index is 1.53. The van der Waals surface area contributed by atoms with Gasteiger partial charge in [0.2, 0.25) is 0 Å². The minimum atomic E-state index is -0.579. The number of amides is 2. The zero-order valence-corrected chi connectivity index (χ0v) is 20.0. The Bertz CT molecular complexity index is 900. The molecule has 1 aliphatic rings. The Hall–Kier alpha value is -3.02. The van der Waals surface area contributed by atoms with Crippen LogP contribution in [-0.2, 0) is 9.59 Å². The van der Waals surface area contributed by atoms with Crippen LogP contribution in [0.4, 0.5) is 0 Å². The van der Waals surface area contributed by atoms with Crippen LogP contribution < -0.4 is 9.47 Å². The predicted octanol–water partition coefficient (Wildman–Crippen LogP) is 3.83. The van der Waals surface area contributed by atoms with Gasteiger partial charge in [0, 0.05) is 26.2 Å². The Labute approximate surface area is 191 Å². The highest BCUT2D eigenvalue weighted by Gasteiger charge is 2.30. The molecule has 3 rings (SSSR count). The molecule has 0 saturated carbocycles. The third kappa shape index (κ3) is 5.61. The zero-order valence-electron chi connectivity index (χ0n) is 20.0. The number of rotatable bonds is 6. The normalized spacial score (nSPS) is 15.8. The van der Waals surface area contributed by atoms with Crippen LogP contribution in [0, 0.1) is 27.7 Å². The molecule has 2 amide bonds.